The summed E-state index contributed by atoms with van der Waals surface area (Å²) in [5.74, 6) is 0.857. The molecule has 0 radical (unpaired) electrons. The Labute approximate surface area is 142 Å². The summed E-state index contributed by atoms with van der Waals surface area (Å²) in [4.78, 5) is 12.6. The molecule has 0 aliphatic carbocycles. The van der Waals surface area contributed by atoms with E-state index in [9.17, 15) is 4.79 Å². The standard InChI is InChI=1S/C21H21NO2/c1-15(2)14-24-20-10-6-5-9-19(20)21(23)22-18-12-11-16-7-3-4-8-17(16)13-18/h3-13,15H,14H2,1-2H3,(H,22,23). The molecule has 0 heterocycles. The van der Waals surface area contributed by atoms with Gasteiger partial charge in [-0.25, -0.2) is 0 Å². The normalized spacial score (nSPS) is 10.8. The maximum absolute atomic E-state index is 12.6. The molecule has 0 atom stereocenters. The molecule has 0 saturated carbocycles. The Morgan fingerprint density at radius 3 is 2.46 bits per heavy atom. The summed E-state index contributed by atoms with van der Waals surface area (Å²) < 4.78 is 5.77. The van der Waals surface area contributed by atoms with Gasteiger partial charge in [0, 0.05) is 5.69 Å². The van der Waals surface area contributed by atoms with Crippen molar-refractivity contribution >= 4 is 22.4 Å². The predicted octanol–water partition coefficient (Wildman–Crippen LogP) is 5.13. The van der Waals surface area contributed by atoms with Crippen LogP contribution in [0.2, 0.25) is 0 Å². The first-order chi connectivity index (χ1) is 11.6. The summed E-state index contributed by atoms with van der Waals surface area (Å²) in [6.45, 7) is 4.75. The molecule has 122 valence electrons. The molecule has 3 aromatic carbocycles. The molecule has 3 rings (SSSR count). The van der Waals surface area contributed by atoms with Crippen LogP contribution in [-0.2, 0) is 0 Å². The van der Waals surface area contributed by atoms with E-state index in [4.69, 9.17) is 4.74 Å². The van der Waals surface area contributed by atoms with Crippen LogP contribution in [0.5, 0.6) is 5.75 Å². The Hall–Kier alpha value is -2.81. The zero-order chi connectivity index (χ0) is 16.9. The van der Waals surface area contributed by atoms with Crippen LogP contribution in [-0.4, -0.2) is 12.5 Å². The minimum Gasteiger partial charge on any atom is -0.492 e. The number of hydrogen-bond acceptors (Lipinski definition) is 2. The van der Waals surface area contributed by atoms with E-state index in [0.29, 0.717) is 23.8 Å². The Balaban J connectivity index is 1.81. The fraction of sp³-hybridized carbons (Fsp3) is 0.190. The maximum Gasteiger partial charge on any atom is 0.259 e. The summed E-state index contributed by atoms with van der Waals surface area (Å²) in [5, 5.41) is 5.21. The first-order valence-electron chi connectivity index (χ1n) is 8.15. The molecule has 3 nitrogen and oxygen atoms in total. The number of ether oxygens (including phenoxy) is 1. The van der Waals surface area contributed by atoms with Gasteiger partial charge in [0.05, 0.1) is 12.2 Å². The second-order valence-corrected chi connectivity index (χ2v) is 6.22. The van der Waals surface area contributed by atoms with Crippen molar-refractivity contribution in [2.24, 2.45) is 5.92 Å². The second kappa shape index (κ2) is 7.18. The molecular weight excluding hydrogens is 298 g/mol. The van der Waals surface area contributed by atoms with E-state index in [1.165, 1.54) is 0 Å². The maximum atomic E-state index is 12.6. The van der Waals surface area contributed by atoms with Crippen molar-refractivity contribution in [2.45, 2.75) is 13.8 Å². The van der Waals surface area contributed by atoms with Crippen molar-refractivity contribution in [3.63, 3.8) is 0 Å². The third-order valence-electron chi connectivity index (χ3n) is 3.71. The largest absolute Gasteiger partial charge is 0.492 e. The lowest BCUT2D eigenvalue weighted by molar-refractivity contribution is 0.102. The number of hydrogen-bond donors (Lipinski definition) is 1. The average Bonchev–Trinajstić information content (AvgIpc) is 2.60. The number of amides is 1. The van der Waals surface area contributed by atoms with Gasteiger partial charge in [0.2, 0.25) is 0 Å². The molecule has 0 fully saturated rings. The molecule has 0 unspecified atom stereocenters. The molecule has 0 bridgehead atoms. The minimum absolute atomic E-state index is 0.162. The molecule has 0 spiro atoms. The second-order valence-electron chi connectivity index (χ2n) is 6.22. The lowest BCUT2D eigenvalue weighted by Gasteiger charge is -2.13. The van der Waals surface area contributed by atoms with Crippen LogP contribution in [0.1, 0.15) is 24.2 Å². The number of carbonyl (C=O) groups is 1. The summed E-state index contributed by atoms with van der Waals surface area (Å²) in [6.07, 6.45) is 0. The summed E-state index contributed by atoms with van der Waals surface area (Å²) >= 11 is 0. The monoisotopic (exact) mass is 319 g/mol. The Kier molecular flexibility index (Phi) is 4.80. The zero-order valence-electron chi connectivity index (χ0n) is 14.0. The summed E-state index contributed by atoms with van der Waals surface area (Å²) in [5.41, 5.74) is 1.32. The number of anilines is 1. The Morgan fingerprint density at radius 1 is 0.958 bits per heavy atom. The molecule has 24 heavy (non-hydrogen) atoms. The van der Waals surface area contributed by atoms with Crippen molar-refractivity contribution in [1.29, 1.82) is 0 Å². The first-order valence-corrected chi connectivity index (χ1v) is 8.15. The third-order valence-corrected chi connectivity index (χ3v) is 3.71. The first kappa shape index (κ1) is 16.1. The van der Waals surface area contributed by atoms with Crippen LogP contribution in [0.3, 0.4) is 0 Å². The number of para-hydroxylation sites is 1. The lowest BCUT2D eigenvalue weighted by Crippen LogP contribution is -2.15. The summed E-state index contributed by atoms with van der Waals surface area (Å²) in [6, 6.07) is 21.3. The fourth-order valence-corrected chi connectivity index (χ4v) is 2.50. The molecule has 0 aliphatic rings. The molecule has 3 aromatic rings. The van der Waals surface area contributed by atoms with Crippen LogP contribution in [0.4, 0.5) is 5.69 Å². The van der Waals surface area contributed by atoms with Gasteiger partial charge in [-0.3, -0.25) is 4.79 Å². The summed E-state index contributed by atoms with van der Waals surface area (Å²) in [7, 11) is 0. The highest BCUT2D eigenvalue weighted by Crippen LogP contribution is 2.22. The van der Waals surface area contributed by atoms with E-state index in [2.05, 4.69) is 25.2 Å². The molecule has 1 amide bonds. The van der Waals surface area contributed by atoms with E-state index in [1.807, 2.05) is 54.6 Å². The average molecular weight is 319 g/mol. The fourth-order valence-electron chi connectivity index (χ4n) is 2.50. The molecule has 1 N–H and O–H groups in total. The van der Waals surface area contributed by atoms with Gasteiger partial charge in [0.25, 0.3) is 5.91 Å². The molecule has 0 saturated heterocycles. The SMILES string of the molecule is CC(C)COc1ccccc1C(=O)Nc1ccc2ccccc2c1. The van der Waals surface area contributed by atoms with Gasteiger partial charge in [-0.05, 0) is 41.0 Å². The van der Waals surface area contributed by atoms with Gasteiger partial charge in [-0.2, -0.15) is 0 Å². The number of carbonyl (C=O) groups excluding carboxylic acids is 1. The Bertz CT molecular complexity index is 855. The van der Waals surface area contributed by atoms with E-state index in [0.717, 1.165) is 16.5 Å². The minimum atomic E-state index is -0.162. The van der Waals surface area contributed by atoms with E-state index >= 15 is 0 Å². The number of rotatable bonds is 5. The van der Waals surface area contributed by atoms with Crippen LogP contribution < -0.4 is 10.1 Å². The highest BCUT2D eigenvalue weighted by atomic mass is 16.5. The van der Waals surface area contributed by atoms with E-state index in [-0.39, 0.29) is 5.91 Å². The van der Waals surface area contributed by atoms with Crippen molar-refractivity contribution < 1.29 is 9.53 Å². The third kappa shape index (κ3) is 3.74. The van der Waals surface area contributed by atoms with Crippen LogP contribution >= 0.6 is 0 Å². The number of fused-ring (bicyclic) bond motifs is 1. The van der Waals surface area contributed by atoms with Gasteiger partial charge < -0.3 is 10.1 Å². The molecule has 3 heteroatoms. The number of benzene rings is 3. The smallest absolute Gasteiger partial charge is 0.259 e. The molecule has 0 aromatic heterocycles. The quantitative estimate of drug-likeness (QED) is 0.708. The van der Waals surface area contributed by atoms with Gasteiger partial charge in [-0.15, -0.1) is 0 Å². The Morgan fingerprint density at radius 2 is 1.67 bits per heavy atom. The van der Waals surface area contributed by atoms with E-state index in [1.54, 1.807) is 6.07 Å². The highest BCUT2D eigenvalue weighted by molar-refractivity contribution is 6.07. The van der Waals surface area contributed by atoms with Crippen LogP contribution in [0.15, 0.2) is 66.7 Å². The van der Waals surface area contributed by atoms with Crippen molar-refractivity contribution in [2.75, 3.05) is 11.9 Å². The lowest BCUT2D eigenvalue weighted by atomic mass is 10.1. The van der Waals surface area contributed by atoms with Gasteiger partial charge >= 0.3 is 0 Å². The molecule has 0 aliphatic heterocycles. The van der Waals surface area contributed by atoms with Gasteiger partial charge in [-0.1, -0.05) is 56.3 Å². The van der Waals surface area contributed by atoms with Crippen molar-refractivity contribution in [3.05, 3.63) is 72.3 Å². The topological polar surface area (TPSA) is 38.3 Å². The highest BCUT2D eigenvalue weighted by Gasteiger charge is 2.13. The number of nitrogens with one attached hydrogen (secondary N) is 1. The van der Waals surface area contributed by atoms with Crippen LogP contribution in [0.25, 0.3) is 10.8 Å². The van der Waals surface area contributed by atoms with Crippen molar-refractivity contribution in [1.82, 2.24) is 0 Å². The van der Waals surface area contributed by atoms with Crippen LogP contribution in [0, 0.1) is 5.92 Å². The van der Waals surface area contributed by atoms with Crippen molar-refractivity contribution in [3.8, 4) is 5.75 Å². The zero-order valence-corrected chi connectivity index (χ0v) is 14.0. The van der Waals surface area contributed by atoms with Gasteiger partial charge in [0.1, 0.15) is 5.75 Å². The predicted molar refractivity (Wildman–Crippen MR) is 98.7 cm³/mol. The van der Waals surface area contributed by atoms with Gasteiger partial charge in [0.15, 0.2) is 0 Å². The van der Waals surface area contributed by atoms with E-state index < -0.39 is 0 Å². The molecular formula is C21H21NO2.